The molecule has 0 saturated heterocycles. The number of fused-ring (bicyclic) bond motifs is 1. The topological polar surface area (TPSA) is 26.3 Å². The quantitative estimate of drug-likeness (QED) is 0.413. The van der Waals surface area contributed by atoms with E-state index in [0.717, 1.165) is 40.8 Å². The third-order valence-electron chi connectivity index (χ3n) is 5.24. The highest BCUT2D eigenvalue weighted by atomic mass is 32.2. The van der Waals surface area contributed by atoms with E-state index in [9.17, 15) is 4.79 Å². The predicted octanol–water partition coefficient (Wildman–Crippen LogP) is 6.02. The number of carbonyl (C=O) groups excluding carboxylic acids is 1. The maximum atomic E-state index is 12.7. The summed E-state index contributed by atoms with van der Waals surface area (Å²) in [7, 11) is 1.47. The fourth-order valence-electron chi connectivity index (χ4n) is 4.15. The summed E-state index contributed by atoms with van der Waals surface area (Å²) >= 11 is 1.63. The highest BCUT2D eigenvalue weighted by Crippen LogP contribution is 2.47. The van der Waals surface area contributed by atoms with Crippen LogP contribution in [0.2, 0.25) is 0 Å². The van der Waals surface area contributed by atoms with Crippen LogP contribution in [0.3, 0.4) is 0 Å². The van der Waals surface area contributed by atoms with Gasteiger partial charge in [-0.15, -0.1) is 11.8 Å². The first-order valence-corrected chi connectivity index (χ1v) is 10.4. The first-order valence-electron chi connectivity index (χ1n) is 9.21. The van der Waals surface area contributed by atoms with Crippen molar-refractivity contribution in [1.29, 1.82) is 0 Å². The molecule has 3 aromatic rings. The Balaban J connectivity index is 2.15. The number of esters is 1. The standard InChI is InChI=1S/C24H22O2S/c1-26-24(25)22-19-15-9-14-18(19)20(16-10-5-3-6-11-16)21(23(22)27-2)17-12-7-4-8-13-17/h3-8,10-13H,9,14-15H2,1-2H3. The number of rotatable bonds is 4. The van der Waals surface area contributed by atoms with Gasteiger partial charge in [-0.2, -0.15) is 0 Å². The van der Waals surface area contributed by atoms with E-state index in [1.807, 2.05) is 18.4 Å². The van der Waals surface area contributed by atoms with Crippen molar-refractivity contribution in [3.8, 4) is 22.3 Å². The van der Waals surface area contributed by atoms with Crippen molar-refractivity contribution in [3.63, 3.8) is 0 Å². The number of benzene rings is 3. The van der Waals surface area contributed by atoms with Crippen molar-refractivity contribution in [2.75, 3.05) is 13.4 Å². The van der Waals surface area contributed by atoms with Gasteiger partial charge in [-0.25, -0.2) is 4.79 Å². The summed E-state index contributed by atoms with van der Waals surface area (Å²) in [6.45, 7) is 0. The predicted molar refractivity (Wildman–Crippen MR) is 112 cm³/mol. The molecule has 0 unspecified atom stereocenters. The van der Waals surface area contributed by atoms with Gasteiger partial charge in [0, 0.05) is 10.5 Å². The number of hydrogen-bond donors (Lipinski definition) is 0. The largest absolute Gasteiger partial charge is 0.465 e. The Morgan fingerprint density at radius 2 is 1.41 bits per heavy atom. The molecule has 27 heavy (non-hydrogen) atoms. The summed E-state index contributed by atoms with van der Waals surface area (Å²) in [5, 5.41) is 0. The molecule has 2 nitrogen and oxygen atoms in total. The molecule has 0 atom stereocenters. The van der Waals surface area contributed by atoms with Gasteiger partial charge in [0.05, 0.1) is 12.7 Å². The van der Waals surface area contributed by atoms with E-state index in [0.29, 0.717) is 0 Å². The second-order valence-electron chi connectivity index (χ2n) is 6.69. The molecule has 0 radical (unpaired) electrons. The molecular formula is C24H22O2S. The molecule has 3 heteroatoms. The van der Waals surface area contributed by atoms with Crippen molar-refractivity contribution >= 4 is 17.7 Å². The summed E-state index contributed by atoms with van der Waals surface area (Å²) in [5.41, 5.74) is 8.00. The fraction of sp³-hybridized carbons (Fsp3) is 0.208. The van der Waals surface area contributed by atoms with E-state index < -0.39 is 0 Å². The van der Waals surface area contributed by atoms with Crippen LogP contribution >= 0.6 is 11.8 Å². The summed E-state index contributed by atoms with van der Waals surface area (Å²) < 4.78 is 5.19. The lowest BCUT2D eigenvalue weighted by atomic mass is 9.86. The van der Waals surface area contributed by atoms with Crippen molar-refractivity contribution in [3.05, 3.63) is 77.4 Å². The zero-order chi connectivity index (χ0) is 18.8. The average molecular weight is 375 g/mol. The van der Waals surface area contributed by atoms with Crippen LogP contribution in [-0.2, 0) is 17.6 Å². The number of hydrogen-bond acceptors (Lipinski definition) is 3. The Kier molecular flexibility index (Phi) is 5.04. The van der Waals surface area contributed by atoms with Gasteiger partial charge in [-0.3, -0.25) is 0 Å². The minimum Gasteiger partial charge on any atom is -0.465 e. The monoisotopic (exact) mass is 374 g/mol. The summed E-state index contributed by atoms with van der Waals surface area (Å²) in [6, 6.07) is 20.9. The Morgan fingerprint density at radius 3 is 1.96 bits per heavy atom. The van der Waals surface area contributed by atoms with Crippen molar-refractivity contribution in [1.82, 2.24) is 0 Å². The molecule has 0 aliphatic heterocycles. The van der Waals surface area contributed by atoms with Gasteiger partial charge in [-0.1, -0.05) is 60.7 Å². The molecule has 136 valence electrons. The van der Waals surface area contributed by atoms with E-state index >= 15 is 0 Å². The second-order valence-corrected chi connectivity index (χ2v) is 7.51. The SMILES string of the molecule is COC(=O)c1c2c(c(-c3ccccc3)c(-c3ccccc3)c1SC)CCC2. The van der Waals surface area contributed by atoms with Crippen LogP contribution < -0.4 is 0 Å². The summed E-state index contributed by atoms with van der Waals surface area (Å²) in [6.07, 6.45) is 5.05. The molecular weight excluding hydrogens is 352 g/mol. The van der Waals surface area contributed by atoms with Crippen molar-refractivity contribution < 1.29 is 9.53 Å². The third kappa shape index (κ3) is 3.06. The molecule has 3 aromatic carbocycles. The van der Waals surface area contributed by atoms with Crippen LogP contribution in [0, 0.1) is 0 Å². The molecule has 0 spiro atoms. The summed E-state index contributed by atoms with van der Waals surface area (Å²) in [4.78, 5) is 13.8. The molecule has 0 fully saturated rings. The Labute approximate surface area is 164 Å². The van der Waals surface area contributed by atoms with E-state index in [2.05, 4.69) is 48.5 Å². The molecule has 0 bridgehead atoms. The van der Waals surface area contributed by atoms with Crippen LogP contribution in [-0.4, -0.2) is 19.3 Å². The van der Waals surface area contributed by atoms with Crippen LogP contribution in [0.1, 0.15) is 27.9 Å². The molecule has 0 saturated carbocycles. The average Bonchev–Trinajstić information content (AvgIpc) is 3.21. The van der Waals surface area contributed by atoms with E-state index in [4.69, 9.17) is 4.74 Å². The highest BCUT2D eigenvalue weighted by molar-refractivity contribution is 7.98. The first-order chi connectivity index (χ1) is 13.3. The number of thioether (sulfide) groups is 1. The normalized spacial score (nSPS) is 12.7. The van der Waals surface area contributed by atoms with Crippen molar-refractivity contribution in [2.45, 2.75) is 24.2 Å². The third-order valence-corrected chi connectivity index (χ3v) is 6.06. The van der Waals surface area contributed by atoms with Gasteiger partial charge < -0.3 is 4.74 Å². The Bertz CT molecular complexity index is 979. The van der Waals surface area contributed by atoms with E-state index in [1.54, 1.807) is 11.8 Å². The maximum absolute atomic E-state index is 12.7. The van der Waals surface area contributed by atoms with Gasteiger partial charge in [0.15, 0.2) is 0 Å². The lowest BCUT2D eigenvalue weighted by molar-refractivity contribution is 0.0595. The lowest BCUT2D eigenvalue weighted by Crippen LogP contribution is -2.10. The van der Waals surface area contributed by atoms with Crippen LogP contribution in [0.25, 0.3) is 22.3 Å². The molecule has 1 aliphatic carbocycles. The zero-order valence-corrected chi connectivity index (χ0v) is 16.4. The molecule has 0 heterocycles. The number of ether oxygens (including phenoxy) is 1. The van der Waals surface area contributed by atoms with Gasteiger partial charge in [-0.05, 0) is 53.3 Å². The Morgan fingerprint density at radius 1 is 0.852 bits per heavy atom. The second kappa shape index (κ2) is 7.61. The van der Waals surface area contributed by atoms with Gasteiger partial charge >= 0.3 is 5.97 Å². The van der Waals surface area contributed by atoms with Crippen LogP contribution in [0.15, 0.2) is 65.6 Å². The van der Waals surface area contributed by atoms with Crippen LogP contribution in [0.4, 0.5) is 0 Å². The Hall–Kier alpha value is -2.52. The van der Waals surface area contributed by atoms with Gasteiger partial charge in [0.25, 0.3) is 0 Å². The molecule has 0 amide bonds. The minimum absolute atomic E-state index is 0.228. The lowest BCUT2D eigenvalue weighted by Gasteiger charge is -2.22. The van der Waals surface area contributed by atoms with E-state index in [-0.39, 0.29) is 5.97 Å². The van der Waals surface area contributed by atoms with Crippen LogP contribution in [0.5, 0.6) is 0 Å². The van der Waals surface area contributed by atoms with Crippen molar-refractivity contribution in [2.24, 2.45) is 0 Å². The molecule has 0 N–H and O–H groups in total. The minimum atomic E-state index is -0.228. The van der Waals surface area contributed by atoms with E-state index in [1.165, 1.54) is 29.4 Å². The fourth-order valence-corrected chi connectivity index (χ4v) is 4.98. The number of carbonyl (C=O) groups is 1. The summed E-state index contributed by atoms with van der Waals surface area (Å²) in [5.74, 6) is -0.228. The zero-order valence-electron chi connectivity index (χ0n) is 15.6. The molecule has 4 rings (SSSR count). The van der Waals surface area contributed by atoms with Gasteiger partial charge in [0.2, 0.25) is 0 Å². The molecule has 0 aromatic heterocycles. The highest BCUT2D eigenvalue weighted by Gasteiger charge is 2.30. The first kappa shape index (κ1) is 17.9. The molecule has 1 aliphatic rings. The van der Waals surface area contributed by atoms with Gasteiger partial charge in [0.1, 0.15) is 0 Å². The smallest absolute Gasteiger partial charge is 0.339 e. The maximum Gasteiger partial charge on any atom is 0.339 e. The number of methoxy groups -OCH3 is 1.